The van der Waals surface area contributed by atoms with Crippen LogP contribution in [0.1, 0.15) is 45.0 Å². The Morgan fingerprint density at radius 2 is 0.710 bits per heavy atom. The highest BCUT2D eigenvalue weighted by Gasteiger charge is 2.28. The van der Waals surface area contributed by atoms with Gasteiger partial charge in [0.05, 0.1) is 99.3 Å². The van der Waals surface area contributed by atoms with Gasteiger partial charge >= 0.3 is 5.82 Å². The van der Waals surface area contributed by atoms with Gasteiger partial charge in [-0.25, -0.2) is 29.1 Å². The molecule has 100 heavy (non-hydrogen) atoms. The molecule has 0 spiro atoms. The van der Waals surface area contributed by atoms with Crippen LogP contribution in [0.25, 0.3) is 178 Å². The predicted octanol–water partition coefficient (Wildman–Crippen LogP) is 16.9. The summed E-state index contributed by atoms with van der Waals surface area (Å²) < 4.78 is 57.0. The van der Waals surface area contributed by atoms with Crippen molar-refractivity contribution >= 4 is 133 Å². The van der Waals surface area contributed by atoms with Crippen molar-refractivity contribution in [2.75, 3.05) is 0 Å². The summed E-state index contributed by atoms with van der Waals surface area (Å²) in [5.41, 5.74) is 27.3. The molecule has 488 valence electrons. The van der Waals surface area contributed by atoms with E-state index in [0.717, 1.165) is 200 Å². The average Bonchev–Trinajstić information content (AvgIpc) is 1.59. The third-order valence-corrected chi connectivity index (χ3v) is 18.6. The van der Waals surface area contributed by atoms with Crippen molar-refractivity contribution in [1.29, 1.82) is 0 Å². The number of nitrogens with zero attached hydrogens (tertiary/aromatic N) is 12. The van der Waals surface area contributed by atoms with Gasteiger partial charge in [-0.1, -0.05) is 17.1 Å². The van der Waals surface area contributed by atoms with Gasteiger partial charge in [0.1, 0.15) is 48.9 Å². The Labute approximate surface area is 568 Å². The van der Waals surface area contributed by atoms with Crippen molar-refractivity contribution in [2.24, 2.45) is 28.2 Å². The van der Waals surface area contributed by atoms with Crippen LogP contribution in [0.3, 0.4) is 0 Å². The second-order valence-electron chi connectivity index (χ2n) is 25.5. The zero-order valence-corrected chi connectivity index (χ0v) is 56.8. The fourth-order valence-corrected chi connectivity index (χ4v) is 13.5. The topological polar surface area (TPSA) is 224 Å². The molecule has 0 aliphatic rings. The molecule has 0 unspecified atom stereocenters. The second kappa shape index (κ2) is 23.5. The SMILES string of the molecule is Cc1ccc2c(n1)oc1c3cc(C)c(-c4ccnc[n+]4C)cc3oc21.Cc1ccc2c(n1)oc1c3cc(C)c(-c4cncc[n+]4C)cc3oc21.Cc1ccc2c(n1)oc1c3ccc(C)c(-c4cncc[n+]4C)c3oc21.Cc1ccc2c(n1)oc1c3ccc(C)c(-c4nccc[n+]4C)c3oc21. The van der Waals surface area contributed by atoms with Gasteiger partial charge in [0, 0.05) is 40.5 Å². The number of hydrogen-bond acceptors (Lipinski definition) is 16. The number of furan rings is 8. The van der Waals surface area contributed by atoms with Crippen LogP contribution in [0.15, 0.2) is 207 Å². The number of fused-ring (bicyclic) bond motifs is 20. The number of rotatable bonds is 4. The lowest BCUT2D eigenvalue weighted by Crippen LogP contribution is -2.31. The highest BCUT2D eigenvalue weighted by molar-refractivity contribution is 6.17. The molecule has 0 fully saturated rings. The minimum Gasteiger partial charge on any atom is -0.452 e. The number of hydrogen-bond donors (Lipinski definition) is 0. The molecule has 0 atom stereocenters. The van der Waals surface area contributed by atoms with Crippen LogP contribution in [0.2, 0.25) is 0 Å². The summed E-state index contributed by atoms with van der Waals surface area (Å²) in [6.07, 6.45) is 18.5. The van der Waals surface area contributed by atoms with Crippen molar-refractivity contribution in [2.45, 2.75) is 55.4 Å². The maximum atomic E-state index is 6.29. The summed E-state index contributed by atoms with van der Waals surface area (Å²) in [6, 6.07) is 36.4. The lowest BCUT2D eigenvalue weighted by Gasteiger charge is -2.05. The van der Waals surface area contributed by atoms with E-state index in [9.17, 15) is 0 Å². The van der Waals surface area contributed by atoms with Crippen LogP contribution in [-0.2, 0) is 28.2 Å². The van der Waals surface area contributed by atoms with E-state index in [0.29, 0.717) is 22.9 Å². The lowest BCUT2D eigenvalue weighted by atomic mass is 10.0. The molecule has 4 aromatic carbocycles. The summed E-state index contributed by atoms with van der Waals surface area (Å²) >= 11 is 0. The van der Waals surface area contributed by atoms with Crippen LogP contribution in [-0.4, -0.2) is 39.9 Å². The van der Waals surface area contributed by atoms with Crippen molar-refractivity contribution in [1.82, 2.24) is 39.9 Å². The van der Waals surface area contributed by atoms with Gasteiger partial charge in [-0.3, -0.25) is 9.97 Å². The Kier molecular flexibility index (Phi) is 14.3. The molecule has 0 aliphatic carbocycles. The predicted molar refractivity (Wildman–Crippen MR) is 381 cm³/mol. The lowest BCUT2D eigenvalue weighted by molar-refractivity contribution is -0.663. The van der Waals surface area contributed by atoms with Gasteiger partial charge < -0.3 is 35.3 Å². The first-order valence-electron chi connectivity index (χ1n) is 32.6. The fourth-order valence-electron chi connectivity index (χ4n) is 13.5. The molecule has 16 heterocycles. The zero-order valence-electron chi connectivity index (χ0n) is 56.8. The molecule has 20 nitrogen and oxygen atoms in total. The molecule has 0 bridgehead atoms. The van der Waals surface area contributed by atoms with E-state index in [-0.39, 0.29) is 0 Å². The quantitative estimate of drug-likeness (QED) is 0.149. The van der Waals surface area contributed by atoms with Crippen molar-refractivity contribution in [3.05, 3.63) is 216 Å². The van der Waals surface area contributed by atoms with Gasteiger partial charge in [0.25, 0.3) is 6.33 Å². The van der Waals surface area contributed by atoms with E-state index in [1.54, 1.807) is 31.1 Å². The molecule has 0 saturated heterocycles. The number of aromatic nitrogens is 12. The smallest absolute Gasteiger partial charge is 0.334 e. The van der Waals surface area contributed by atoms with Crippen LogP contribution < -0.4 is 18.3 Å². The minimum absolute atomic E-state index is 0.612. The normalized spacial score (nSPS) is 11.8. The Balaban J connectivity index is 0.0000000997. The maximum absolute atomic E-state index is 6.29. The Morgan fingerprint density at radius 1 is 0.300 bits per heavy atom. The van der Waals surface area contributed by atoms with Crippen LogP contribution in [0.4, 0.5) is 0 Å². The second-order valence-corrected chi connectivity index (χ2v) is 25.5. The molecule has 20 rings (SSSR count). The summed E-state index contributed by atoms with van der Waals surface area (Å²) in [7, 11) is 7.98. The Morgan fingerprint density at radius 3 is 1.17 bits per heavy atom. The molecule has 0 radical (unpaired) electrons. The van der Waals surface area contributed by atoms with Gasteiger partial charge in [0.15, 0.2) is 68.2 Å². The van der Waals surface area contributed by atoms with Gasteiger partial charge in [0.2, 0.25) is 34.2 Å². The molecule has 0 saturated carbocycles. The third-order valence-electron chi connectivity index (χ3n) is 18.6. The van der Waals surface area contributed by atoms with E-state index in [2.05, 4.69) is 109 Å². The van der Waals surface area contributed by atoms with Crippen molar-refractivity contribution in [3.8, 4) is 45.2 Å². The Bertz CT molecular complexity index is 6330. The van der Waals surface area contributed by atoms with E-state index in [4.69, 9.17) is 35.3 Å². The van der Waals surface area contributed by atoms with Gasteiger partial charge in [-0.05, 0) is 168 Å². The monoisotopic (exact) mass is 1320 g/mol. The summed E-state index contributed by atoms with van der Waals surface area (Å²) in [5, 5.41) is 7.45. The average molecular weight is 1320 g/mol. The molecule has 0 N–H and O–H groups in total. The third kappa shape index (κ3) is 10.0. The first-order chi connectivity index (χ1) is 48.5. The standard InChI is InChI=1S/4C20H16N3O2/c1-11-5-7-13-16(15(11)19-21-9-4-10-23(19)3)24-18-14-8-6-12(2)22-20(14)25-17(13)18;1-11-4-6-13-17(16(11)15-10-21-8-9-23(15)3)24-19-14-7-5-12(2)22-20(14)25-18(13)19;1-11-8-15-17(9-14(11)16-10-21-6-7-23(16)3)24-18-13-5-4-12(2)22-20(13)25-19(15)18;1-11-8-15-17(9-14(11)16-6-7-21-10-23(16)3)24-18-13-5-4-12(2)22-20(13)25-19(15)18/h4*4-10H,1-3H3/q4*+1. The summed E-state index contributed by atoms with van der Waals surface area (Å²) in [6.45, 7) is 16.1. The largest absolute Gasteiger partial charge is 0.452 e. The van der Waals surface area contributed by atoms with E-state index in [1.807, 2.05) is 173 Å². The fraction of sp³-hybridized carbons (Fsp3) is 0.150. The number of pyridine rings is 4. The molecule has 16 aromatic heterocycles. The first-order valence-corrected chi connectivity index (χ1v) is 32.6. The molecular formula is C80H64N12O8+4. The minimum atomic E-state index is 0.612. The molecule has 0 aliphatic heterocycles. The van der Waals surface area contributed by atoms with E-state index < -0.39 is 0 Å². The Hall–Kier alpha value is -12.8. The van der Waals surface area contributed by atoms with Crippen molar-refractivity contribution < 1.29 is 53.6 Å². The highest BCUT2D eigenvalue weighted by atomic mass is 16.4. The van der Waals surface area contributed by atoms with Crippen LogP contribution in [0.5, 0.6) is 0 Å². The van der Waals surface area contributed by atoms with Gasteiger partial charge in [-0.15, -0.1) is 0 Å². The van der Waals surface area contributed by atoms with Crippen molar-refractivity contribution in [3.63, 3.8) is 0 Å². The number of aryl methyl sites for hydroxylation is 12. The molecule has 0 amide bonds. The van der Waals surface area contributed by atoms with Gasteiger partial charge in [-0.2, -0.15) is 9.13 Å². The first kappa shape index (κ1) is 60.8. The molecule has 20 aromatic rings. The molecule has 20 heteroatoms. The zero-order chi connectivity index (χ0) is 68.5. The van der Waals surface area contributed by atoms with Crippen LogP contribution in [0, 0.1) is 55.4 Å². The van der Waals surface area contributed by atoms with E-state index >= 15 is 0 Å². The van der Waals surface area contributed by atoms with E-state index in [1.165, 1.54) is 0 Å². The van der Waals surface area contributed by atoms with Crippen LogP contribution >= 0.6 is 0 Å². The highest BCUT2D eigenvalue weighted by Crippen LogP contribution is 2.44. The summed E-state index contributed by atoms with van der Waals surface area (Å²) in [4.78, 5) is 35.0. The maximum Gasteiger partial charge on any atom is 0.334 e. The molecular weight excluding hydrogens is 1260 g/mol. The number of benzene rings is 4. The summed E-state index contributed by atoms with van der Waals surface area (Å²) in [5.74, 6) is 0.861.